The summed E-state index contributed by atoms with van der Waals surface area (Å²) < 4.78 is 0. The summed E-state index contributed by atoms with van der Waals surface area (Å²) >= 11 is 0. The summed E-state index contributed by atoms with van der Waals surface area (Å²) in [7, 11) is 2.06. The highest BCUT2D eigenvalue weighted by Gasteiger charge is 2.30. The van der Waals surface area contributed by atoms with Gasteiger partial charge in [0.2, 0.25) is 0 Å². The average molecular weight is 233 g/mol. The van der Waals surface area contributed by atoms with E-state index in [0.717, 1.165) is 12.1 Å². The van der Waals surface area contributed by atoms with E-state index in [9.17, 15) is 4.79 Å². The second kappa shape index (κ2) is 5.46. The Labute approximate surface area is 105 Å². The molecule has 0 saturated heterocycles. The van der Waals surface area contributed by atoms with Crippen LogP contribution >= 0.6 is 0 Å². The van der Waals surface area contributed by atoms with Crippen molar-refractivity contribution in [1.29, 1.82) is 0 Å². The van der Waals surface area contributed by atoms with Crippen LogP contribution in [-0.2, 0) is 0 Å². The van der Waals surface area contributed by atoms with Crippen molar-refractivity contribution in [3.63, 3.8) is 0 Å². The van der Waals surface area contributed by atoms with Gasteiger partial charge in [-0.05, 0) is 20.9 Å². The Kier molecular flexibility index (Phi) is 4.47. The molecule has 0 atom stereocenters. The monoisotopic (exact) mass is 233 g/mol. The average Bonchev–Trinajstić information content (AvgIpc) is 2.28. The molecule has 0 radical (unpaired) electrons. The number of rotatable bonds is 5. The van der Waals surface area contributed by atoms with E-state index in [0.29, 0.717) is 6.04 Å². The van der Waals surface area contributed by atoms with Gasteiger partial charge in [0.05, 0.1) is 0 Å². The highest BCUT2D eigenvalue weighted by Crippen LogP contribution is 2.23. The molecule has 0 bridgehead atoms. The molecule has 0 aliphatic carbocycles. The lowest BCUT2D eigenvalue weighted by Crippen LogP contribution is -2.40. The van der Waals surface area contributed by atoms with Gasteiger partial charge < -0.3 is 4.90 Å². The van der Waals surface area contributed by atoms with Crippen molar-refractivity contribution in [2.24, 2.45) is 5.41 Å². The zero-order valence-electron chi connectivity index (χ0n) is 11.5. The van der Waals surface area contributed by atoms with Crippen molar-refractivity contribution >= 4 is 5.78 Å². The molecule has 0 aromatic heterocycles. The van der Waals surface area contributed by atoms with E-state index in [1.807, 2.05) is 44.2 Å². The van der Waals surface area contributed by atoms with Gasteiger partial charge in [-0.2, -0.15) is 0 Å². The number of ketones is 1. The summed E-state index contributed by atoms with van der Waals surface area (Å²) in [5.74, 6) is 0.214. The Hall–Kier alpha value is -1.15. The third kappa shape index (κ3) is 3.67. The molecule has 1 aromatic rings. The maximum atomic E-state index is 12.4. The zero-order valence-corrected chi connectivity index (χ0v) is 11.5. The largest absolute Gasteiger partial charge is 0.303 e. The molecular weight excluding hydrogens is 210 g/mol. The third-order valence-electron chi connectivity index (χ3n) is 3.18. The topological polar surface area (TPSA) is 20.3 Å². The number of benzene rings is 1. The van der Waals surface area contributed by atoms with Crippen molar-refractivity contribution in [2.45, 2.75) is 33.7 Å². The van der Waals surface area contributed by atoms with Gasteiger partial charge in [-0.25, -0.2) is 0 Å². The fourth-order valence-electron chi connectivity index (χ4n) is 1.86. The molecule has 94 valence electrons. The SMILES string of the molecule is CC(C)N(C)CC(C)(C)C(=O)c1ccccc1. The molecular formula is C15H23NO. The summed E-state index contributed by atoms with van der Waals surface area (Å²) in [6, 6.07) is 9.99. The van der Waals surface area contributed by atoms with Gasteiger partial charge in [-0.15, -0.1) is 0 Å². The Morgan fingerprint density at radius 2 is 1.76 bits per heavy atom. The highest BCUT2D eigenvalue weighted by molar-refractivity contribution is 6.00. The van der Waals surface area contributed by atoms with E-state index < -0.39 is 0 Å². The number of Topliss-reactive ketones (excluding diaryl/α,β-unsaturated/α-hetero) is 1. The third-order valence-corrected chi connectivity index (χ3v) is 3.18. The predicted molar refractivity (Wildman–Crippen MR) is 72.3 cm³/mol. The molecule has 0 amide bonds. The summed E-state index contributed by atoms with van der Waals surface area (Å²) in [5.41, 5.74) is 0.454. The molecule has 2 heteroatoms. The fraction of sp³-hybridized carbons (Fsp3) is 0.533. The molecule has 0 saturated carbocycles. The van der Waals surface area contributed by atoms with Gasteiger partial charge in [-0.1, -0.05) is 44.2 Å². The molecule has 17 heavy (non-hydrogen) atoms. The zero-order chi connectivity index (χ0) is 13.1. The number of nitrogens with zero attached hydrogens (tertiary/aromatic N) is 1. The van der Waals surface area contributed by atoms with Crippen LogP contribution in [0.4, 0.5) is 0 Å². The smallest absolute Gasteiger partial charge is 0.169 e. The highest BCUT2D eigenvalue weighted by atomic mass is 16.1. The minimum absolute atomic E-state index is 0.214. The summed E-state index contributed by atoms with van der Waals surface area (Å²) in [6.45, 7) is 9.09. The van der Waals surface area contributed by atoms with Crippen LogP contribution in [0.25, 0.3) is 0 Å². The number of hydrogen-bond acceptors (Lipinski definition) is 2. The van der Waals surface area contributed by atoms with E-state index in [4.69, 9.17) is 0 Å². The maximum Gasteiger partial charge on any atom is 0.169 e. The Morgan fingerprint density at radius 3 is 2.24 bits per heavy atom. The fourth-order valence-corrected chi connectivity index (χ4v) is 1.86. The molecule has 2 nitrogen and oxygen atoms in total. The van der Waals surface area contributed by atoms with Crippen molar-refractivity contribution in [3.05, 3.63) is 35.9 Å². The van der Waals surface area contributed by atoms with Crippen LogP contribution < -0.4 is 0 Å². The minimum Gasteiger partial charge on any atom is -0.303 e. The van der Waals surface area contributed by atoms with Gasteiger partial charge in [0, 0.05) is 23.6 Å². The predicted octanol–water partition coefficient (Wildman–Crippen LogP) is 3.24. The van der Waals surface area contributed by atoms with E-state index >= 15 is 0 Å². The van der Waals surface area contributed by atoms with Crippen LogP contribution in [0.1, 0.15) is 38.1 Å². The first kappa shape index (κ1) is 13.9. The lowest BCUT2D eigenvalue weighted by molar-refractivity contribution is 0.0763. The van der Waals surface area contributed by atoms with E-state index in [2.05, 4.69) is 25.8 Å². The summed E-state index contributed by atoms with van der Waals surface area (Å²) in [6.07, 6.45) is 0. The van der Waals surface area contributed by atoms with E-state index in [1.54, 1.807) is 0 Å². The van der Waals surface area contributed by atoms with Gasteiger partial charge >= 0.3 is 0 Å². The molecule has 1 rings (SSSR count). The number of carbonyl (C=O) groups is 1. The van der Waals surface area contributed by atoms with Crippen LogP contribution in [0.15, 0.2) is 30.3 Å². The first-order valence-corrected chi connectivity index (χ1v) is 6.14. The Balaban J connectivity index is 2.80. The maximum absolute atomic E-state index is 12.4. The van der Waals surface area contributed by atoms with E-state index in [1.165, 1.54) is 0 Å². The summed E-state index contributed by atoms with van der Waals surface area (Å²) in [5, 5.41) is 0. The second-order valence-electron chi connectivity index (χ2n) is 5.59. The quantitative estimate of drug-likeness (QED) is 0.728. The lowest BCUT2D eigenvalue weighted by atomic mass is 9.83. The number of hydrogen-bond donors (Lipinski definition) is 0. The van der Waals surface area contributed by atoms with Crippen molar-refractivity contribution in [3.8, 4) is 0 Å². The van der Waals surface area contributed by atoms with Gasteiger partial charge in [0.1, 0.15) is 0 Å². The van der Waals surface area contributed by atoms with Crippen LogP contribution in [0, 0.1) is 5.41 Å². The molecule has 0 fully saturated rings. The lowest BCUT2D eigenvalue weighted by Gasteiger charge is -2.31. The molecule has 1 aromatic carbocycles. The Morgan fingerprint density at radius 1 is 1.24 bits per heavy atom. The molecule has 0 unspecified atom stereocenters. The standard InChI is InChI=1S/C15H23NO/c1-12(2)16(5)11-15(3,4)14(17)13-9-7-6-8-10-13/h6-10,12H,11H2,1-5H3. The first-order valence-electron chi connectivity index (χ1n) is 6.14. The van der Waals surface area contributed by atoms with Crippen molar-refractivity contribution in [1.82, 2.24) is 4.90 Å². The van der Waals surface area contributed by atoms with Crippen LogP contribution in [0.5, 0.6) is 0 Å². The van der Waals surface area contributed by atoms with Gasteiger partial charge in [0.15, 0.2) is 5.78 Å². The first-order chi connectivity index (χ1) is 7.84. The summed E-state index contributed by atoms with van der Waals surface area (Å²) in [4.78, 5) is 14.6. The molecule has 0 aliphatic rings. The van der Waals surface area contributed by atoms with Gasteiger partial charge in [-0.3, -0.25) is 4.79 Å². The van der Waals surface area contributed by atoms with Crippen LogP contribution in [0.3, 0.4) is 0 Å². The van der Waals surface area contributed by atoms with Gasteiger partial charge in [0.25, 0.3) is 0 Å². The second-order valence-corrected chi connectivity index (χ2v) is 5.59. The van der Waals surface area contributed by atoms with Crippen molar-refractivity contribution < 1.29 is 4.79 Å². The molecule has 0 aliphatic heterocycles. The Bertz CT molecular complexity index is 368. The molecule has 0 heterocycles. The minimum atomic E-state index is -0.347. The number of carbonyl (C=O) groups excluding carboxylic acids is 1. The molecule has 0 N–H and O–H groups in total. The van der Waals surface area contributed by atoms with Crippen LogP contribution in [0.2, 0.25) is 0 Å². The molecule has 0 spiro atoms. The van der Waals surface area contributed by atoms with Crippen LogP contribution in [-0.4, -0.2) is 30.3 Å². The van der Waals surface area contributed by atoms with E-state index in [-0.39, 0.29) is 11.2 Å². The van der Waals surface area contributed by atoms with Crippen molar-refractivity contribution in [2.75, 3.05) is 13.6 Å². The normalized spacial score (nSPS) is 12.2.